The third-order valence-corrected chi connectivity index (χ3v) is 29.8. The van der Waals surface area contributed by atoms with Gasteiger partial charge in [-0.05, 0) is 0 Å². The van der Waals surface area contributed by atoms with Crippen molar-refractivity contribution in [3.8, 4) is 15.5 Å². The molecule has 2 aromatic rings. The van der Waals surface area contributed by atoms with Gasteiger partial charge in [0.15, 0.2) is 0 Å². The maximum absolute atomic E-state index is 6.89. The average Bonchev–Trinajstić information content (AvgIpc) is 3.52. The van der Waals surface area contributed by atoms with Crippen molar-refractivity contribution in [3.05, 3.63) is 17.7 Å². The van der Waals surface area contributed by atoms with Gasteiger partial charge in [0.05, 0.1) is 0 Å². The van der Waals surface area contributed by atoms with Crippen LogP contribution < -0.4 is 10.5 Å². The van der Waals surface area contributed by atoms with Crippen LogP contribution in [0.2, 0.25) is 29.6 Å². The van der Waals surface area contributed by atoms with Crippen molar-refractivity contribution in [1.82, 2.24) is 0 Å². The predicted octanol–water partition coefficient (Wildman–Crippen LogP) is 12.3. The molecule has 0 saturated heterocycles. The van der Waals surface area contributed by atoms with E-state index in [1.165, 1.54) is 107 Å². The molecule has 236 valence electrons. The Morgan fingerprint density at radius 1 is 0.585 bits per heavy atom. The van der Waals surface area contributed by atoms with E-state index in [0.29, 0.717) is 5.92 Å². The molecular weight excluding hydrogens is 750 g/mol. The molecule has 2 rings (SSSR count). The van der Waals surface area contributed by atoms with Crippen LogP contribution in [0.25, 0.3) is 9.75 Å². The molecule has 2 unspecified atom stereocenters. The molecule has 0 bridgehead atoms. The molecule has 0 aliphatic rings. The van der Waals surface area contributed by atoms with E-state index < -0.39 is 36.8 Å². The summed E-state index contributed by atoms with van der Waals surface area (Å²) in [6, 6.07) is 5.20. The first-order valence-corrected chi connectivity index (χ1v) is 39.0. The summed E-state index contributed by atoms with van der Waals surface area (Å²) in [5, 5.41) is 0. The third-order valence-electron chi connectivity index (χ3n) is 8.52. The Bertz CT molecular complexity index is 979. The van der Waals surface area contributed by atoms with Crippen LogP contribution >= 0.6 is 22.7 Å². The van der Waals surface area contributed by atoms with Crippen LogP contribution in [0.3, 0.4) is 0 Å². The van der Waals surface area contributed by atoms with Gasteiger partial charge < -0.3 is 0 Å². The number of rotatable bonds is 22. The molecule has 5 heteroatoms. The predicted molar refractivity (Wildman–Crippen MR) is 197 cm³/mol. The standard InChI is InChI=1S/C30H48OS2.6CH3.2Sn/c1-5-9-12-14-17-25(16-11-7-3)23-27-19-21-32-29(27)30-28(20-22-33-30)31-24-26(15-8-4)18-13-10-6-2;;;;;;;;/h19-20,25-26H,5-18,23-24H2,1-4H3;6*1H3;;. The van der Waals surface area contributed by atoms with Crippen molar-refractivity contribution in [2.45, 2.75) is 154 Å². The Labute approximate surface area is 272 Å². The molecular formula is C36H66OS2Sn2. The molecule has 2 atom stereocenters. The molecule has 0 aliphatic carbocycles. The van der Waals surface area contributed by atoms with Gasteiger partial charge in [-0.25, -0.2) is 0 Å². The van der Waals surface area contributed by atoms with Gasteiger partial charge in [-0.1, -0.05) is 0 Å². The van der Waals surface area contributed by atoms with Crippen LogP contribution in [-0.2, 0) is 6.42 Å². The topological polar surface area (TPSA) is 9.23 Å². The van der Waals surface area contributed by atoms with E-state index >= 15 is 0 Å². The number of hydrogen-bond donors (Lipinski definition) is 0. The first kappa shape index (κ1) is 38.0. The Balaban J connectivity index is 2.47. The molecule has 0 fully saturated rings. The zero-order valence-corrected chi connectivity index (χ0v) is 36.2. The molecule has 0 radical (unpaired) electrons. The summed E-state index contributed by atoms with van der Waals surface area (Å²) < 4.78 is 10.3. The van der Waals surface area contributed by atoms with E-state index in [2.05, 4.69) is 92.1 Å². The number of unbranched alkanes of at least 4 members (excludes halogenated alkanes) is 6. The minimum absolute atomic E-state index is 0.687. The molecule has 0 amide bonds. The Morgan fingerprint density at radius 3 is 1.73 bits per heavy atom. The molecule has 41 heavy (non-hydrogen) atoms. The zero-order chi connectivity index (χ0) is 30.5. The van der Waals surface area contributed by atoms with E-state index in [0.717, 1.165) is 12.5 Å². The fourth-order valence-electron chi connectivity index (χ4n) is 5.77. The van der Waals surface area contributed by atoms with Gasteiger partial charge in [0.25, 0.3) is 0 Å². The minimum atomic E-state index is -2.25. The molecule has 2 heterocycles. The molecule has 1 nitrogen and oxygen atoms in total. The van der Waals surface area contributed by atoms with Crippen molar-refractivity contribution in [2.24, 2.45) is 11.8 Å². The van der Waals surface area contributed by atoms with Gasteiger partial charge in [0.1, 0.15) is 0 Å². The summed E-state index contributed by atoms with van der Waals surface area (Å²) >= 11 is -0.184. The van der Waals surface area contributed by atoms with Crippen LogP contribution in [0.15, 0.2) is 12.1 Å². The van der Waals surface area contributed by atoms with Gasteiger partial charge in [0, 0.05) is 0 Å². The second-order valence-electron chi connectivity index (χ2n) is 14.8. The SMILES string of the molecule is CCCCCCC(CCCC)Cc1c[c]([Sn]([CH3])([CH3])[CH3])sc1-c1s[c]([Sn]([CH3])([CH3])[CH3])cc1OCC(CCC)CCCCC. The van der Waals surface area contributed by atoms with Gasteiger partial charge >= 0.3 is 275 Å². The van der Waals surface area contributed by atoms with E-state index in [1.807, 2.05) is 0 Å². The van der Waals surface area contributed by atoms with Crippen LogP contribution in [-0.4, -0.2) is 43.4 Å². The second kappa shape index (κ2) is 19.3. The third kappa shape index (κ3) is 13.4. The van der Waals surface area contributed by atoms with Gasteiger partial charge in [0.2, 0.25) is 0 Å². The molecule has 0 spiro atoms. The van der Waals surface area contributed by atoms with Crippen molar-refractivity contribution in [3.63, 3.8) is 0 Å². The number of hydrogen-bond acceptors (Lipinski definition) is 3. The summed E-state index contributed by atoms with van der Waals surface area (Å²) in [6.07, 6.45) is 20.1. The Hall–Kier alpha value is 0.797. The monoisotopic (exact) mass is 818 g/mol. The average molecular weight is 816 g/mol. The zero-order valence-electron chi connectivity index (χ0n) is 28.8. The van der Waals surface area contributed by atoms with Crippen molar-refractivity contribution in [2.75, 3.05) is 6.61 Å². The molecule has 0 aromatic carbocycles. The Kier molecular flexibility index (Phi) is 17.9. The molecule has 0 aliphatic heterocycles. The summed E-state index contributed by atoms with van der Waals surface area (Å²) in [5.74, 6) is 2.73. The number of thiophene rings is 2. The number of ether oxygens (including phenoxy) is 1. The maximum atomic E-state index is 6.89. The molecule has 2 aromatic heterocycles. The first-order chi connectivity index (χ1) is 19.4. The first-order valence-electron chi connectivity index (χ1n) is 17.3. The van der Waals surface area contributed by atoms with Gasteiger partial charge in [-0.15, -0.1) is 0 Å². The van der Waals surface area contributed by atoms with E-state index in [4.69, 9.17) is 4.74 Å². The quantitative estimate of drug-likeness (QED) is 0.0850. The fraction of sp³-hybridized carbons (Fsp3) is 0.778. The van der Waals surface area contributed by atoms with Crippen LogP contribution in [0, 0.1) is 11.8 Å². The Morgan fingerprint density at radius 2 is 1.12 bits per heavy atom. The van der Waals surface area contributed by atoms with Crippen molar-refractivity contribution < 1.29 is 4.74 Å². The van der Waals surface area contributed by atoms with Crippen LogP contribution in [0.1, 0.15) is 123 Å². The normalized spacial score (nSPS) is 14.0. The van der Waals surface area contributed by atoms with Crippen molar-refractivity contribution >= 4 is 65.2 Å². The van der Waals surface area contributed by atoms with E-state index in [1.54, 1.807) is 16.2 Å². The van der Waals surface area contributed by atoms with Crippen LogP contribution in [0.4, 0.5) is 0 Å². The van der Waals surface area contributed by atoms with Crippen LogP contribution in [0.5, 0.6) is 5.75 Å². The molecule has 0 saturated carbocycles. The molecule has 0 N–H and O–H groups in total. The summed E-state index contributed by atoms with van der Waals surface area (Å²) in [5.41, 5.74) is 1.66. The van der Waals surface area contributed by atoms with Crippen molar-refractivity contribution in [1.29, 1.82) is 0 Å². The second-order valence-corrected chi connectivity index (χ2v) is 47.7. The van der Waals surface area contributed by atoms with Gasteiger partial charge in [-0.2, -0.15) is 0 Å². The van der Waals surface area contributed by atoms with E-state index in [9.17, 15) is 0 Å². The summed E-state index contributed by atoms with van der Waals surface area (Å²) in [4.78, 5) is 18.6. The summed E-state index contributed by atoms with van der Waals surface area (Å²) in [6.45, 7) is 10.2. The van der Waals surface area contributed by atoms with E-state index in [-0.39, 0.29) is 0 Å². The van der Waals surface area contributed by atoms with Gasteiger partial charge in [-0.3, -0.25) is 0 Å². The fourth-order valence-corrected chi connectivity index (χ4v) is 18.7. The summed E-state index contributed by atoms with van der Waals surface area (Å²) in [7, 11) is 0.